The van der Waals surface area contributed by atoms with Crippen molar-refractivity contribution in [3.05, 3.63) is 23.9 Å². The summed E-state index contributed by atoms with van der Waals surface area (Å²) in [5.74, 6) is 1.14. The number of pyridine rings is 1. The quantitative estimate of drug-likeness (QED) is 0.840. The molecule has 1 aromatic rings. The monoisotopic (exact) mass is 275 g/mol. The molecule has 2 heterocycles. The Morgan fingerprint density at radius 2 is 2.10 bits per heavy atom. The lowest BCUT2D eigenvalue weighted by atomic mass is 9.94. The van der Waals surface area contributed by atoms with Gasteiger partial charge in [0.05, 0.1) is 5.56 Å². The average Bonchev–Trinajstić information content (AvgIpc) is 2.46. The molecule has 0 radical (unpaired) electrons. The molecule has 20 heavy (non-hydrogen) atoms. The summed E-state index contributed by atoms with van der Waals surface area (Å²) in [7, 11) is 3.44. The number of anilines is 1. The first-order valence-corrected chi connectivity index (χ1v) is 6.92. The Kier molecular flexibility index (Phi) is 4.37. The fraction of sp³-hybridized carbons (Fsp3) is 0.533. The van der Waals surface area contributed by atoms with E-state index in [1.54, 1.807) is 33.3 Å². The fourth-order valence-corrected chi connectivity index (χ4v) is 2.47. The molecule has 0 N–H and O–H groups in total. The predicted octanol–water partition coefficient (Wildman–Crippen LogP) is 1.59. The molecule has 1 saturated heterocycles. The number of piperidine rings is 1. The lowest BCUT2D eigenvalue weighted by Gasteiger charge is -2.32. The van der Waals surface area contributed by atoms with Gasteiger partial charge >= 0.3 is 0 Å². The molecule has 2 rings (SSSR count). The van der Waals surface area contributed by atoms with Crippen LogP contribution in [-0.4, -0.2) is 48.8 Å². The average molecular weight is 275 g/mol. The summed E-state index contributed by atoms with van der Waals surface area (Å²) in [6.45, 7) is 3.29. The molecular weight excluding hydrogens is 254 g/mol. The molecule has 1 aliphatic rings. The third kappa shape index (κ3) is 3.15. The van der Waals surface area contributed by atoms with Crippen LogP contribution in [0.4, 0.5) is 5.82 Å². The van der Waals surface area contributed by atoms with Gasteiger partial charge in [0.2, 0.25) is 0 Å². The number of hydrogen-bond donors (Lipinski definition) is 0. The van der Waals surface area contributed by atoms with E-state index >= 15 is 0 Å². The van der Waals surface area contributed by atoms with E-state index in [9.17, 15) is 9.59 Å². The van der Waals surface area contributed by atoms with Crippen molar-refractivity contribution in [1.82, 2.24) is 9.88 Å². The van der Waals surface area contributed by atoms with Gasteiger partial charge in [-0.1, -0.05) is 0 Å². The standard InChI is InChI=1S/C15H21N3O2/c1-11(19)13-5-4-8-18(10-13)14-7-6-12(9-16-14)15(20)17(2)3/h6-7,9,13H,4-5,8,10H2,1-3H3. The van der Waals surface area contributed by atoms with Crippen molar-refractivity contribution in [2.45, 2.75) is 19.8 Å². The van der Waals surface area contributed by atoms with Gasteiger partial charge in [-0.3, -0.25) is 9.59 Å². The number of amides is 1. The zero-order valence-electron chi connectivity index (χ0n) is 12.3. The Morgan fingerprint density at radius 3 is 2.65 bits per heavy atom. The molecular formula is C15H21N3O2. The van der Waals surface area contributed by atoms with Gasteiger partial charge in [0.15, 0.2) is 0 Å². The Bertz CT molecular complexity index is 496. The van der Waals surface area contributed by atoms with Crippen LogP contribution in [0, 0.1) is 5.92 Å². The Hall–Kier alpha value is -1.91. The van der Waals surface area contributed by atoms with Crippen LogP contribution in [0.15, 0.2) is 18.3 Å². The smallest absolute Gasteiger partial charge is 0.254 e. The highest BCUT2D eigenvalue weighted by Gasteiger charge is 2.24. The van der Waals surface area contributed by atoms with E-state index in [2.05, 4.69) is 9.88 Å². The molecule has 1 amide bonds. The fourth-order valence-electron chi connectivity index (χ4n) is 2.47. The number of hydrogen-bond acceptors (Lipinski definition) is 4. The zero-order valence-corrected chi connectivity index (χ0v) is 12.3. The zero-order chi connectivity index (χ0) is 14.7. The van der Waals surface area contributed by atoms with Gasteiger partial charge in [-0.15, -0.1) is 0 Å². The number of carbonyl (C=O) groups is 2. The van der Waals surface area contributed by atoms with Crippen molar-refractivity contribution < 1.29 is 9.59 Å². The predicted molar refractivity (Wildman–Crippen MR) is 77.9 cm³/mol. The lowest BCUT2D eigenvalue weighted by Crippen LogP contribution is -2.38. The van der Waals surface area contributed by atoms with E-state index in [1.807, 2.05) is 6.07 Å². The van der Waals surface area contributed by atoms with Crippen molar-refractivity contribution in [1.29, 1.82) is 0 Å². The van der Waals surface area contributed by atoms with E-state index in [4.69, 9.17) is 0 Å². The van der Waals surface area contributed by atoms with Crippen molar-refractivity contribution in [2.24, 2.45) is 5.92 Å². The van der Waals surface area contributed by atoms with E-state index in [1.165, 1.54) is 4.90 Å². The molecule has 0 aromatic carbocycles. The number of rotatable bonds is 3. The second kappa shape index (κ2) is 6.03. The Labute approximate surface area is 119 Å². The maximum Gasteiger partial charge on any atom is 0.254 e. The molecule has 0 spiro atoms. The van der Waals surface area contributed by atoms with Crippen LogP contribution >= 0.6 is 0 Å². The van der Waals surface area contributed by atoms with Gasteiger partial charge in [0, 0.05) is 39.3 Å². The molecule has 1 fully saturated rings. The molecule has 108 valence electrons. The summed E-state index contributed by atoms with van der Waals surface area (Å²) in [5.41, 5.74) is 0.582. The van der Waals surface area contributed by atoms with Gasteiger partial charge in [0.1, 0.15) is 11.6 Å². The summed E-state index contributed by atoms with van der Waals surface area (Å²) >= 11 is 0. The van der Waals surface area contributed by atoms with Gasteiger partial charge < -0.3 is 9.80 Å². The largest absolute Gasteiger partial charge is 0.356 e. The molecule has 0 saturated carbocycles. The van der Waals surface area contributed by atoms with Crippen molar-refractivity contribution >= 4 is 17.5 Å². The van der Waals surface area contributed by atoms with E-state index in [0.29, 0.717) is 5.56 Å². The summed E-state index contributed by atoms with van der Waals surface area (Å²) in [5, 5.41) is 0. The lowest BCUT2D eigenvalue weighted by molar-refractivity contribution is -0.120. The highest BCUT2D eigenvalue weighted by molar-refractivity contribution is 5.93. The number of aromatic nitrogens is 1. The van der Waals surface area contributed by atoms with Gasteiger partial charge in [-0.25, -0.2) is 4.98 Å². The van der Waals surface area contributed by atoms with Gasteiger partial charge in [-0.2, -0.15) is 0 Å². The minimum atomic E-state index is -0.0516. The number of Topliss-reactive ketones (excluding diaryl/α,β-unsaturated/α-hetero) is 1. The second-order valence-corrected chi connectivity index (χ2v) is 5.50. The summed E-state index contributed by atoms with van der Waals surface area (Å²) in [4.78, 5) is 31.3. The number of carbonyl (C=O) groups excluding carboxylic acids is 2. The van der Waals surface area contributed by atoms with Crippen LogP contribution in [0.3, 0.4) is 0 Å². The first kappa shape index (κ1) is 14.5. The maximum absolute atomic E-state index is 11.8. The molecule has 1 aromatic heterocycles. The third-order valence-corrected chi connectivity index (χ3v) is 3.72. The van der Waals surface area contributed by atoms with E-state index in [0.717, 1.165) is 31.7 Å². The van der Waals surface area contributed by atoms with Gasteiger partial charge in [0.25, 0.3) is 5.91 Å². The van der Waals surface area contributed by atoms with Crippen LogP contribution in [0.25, 0.3) is 0 Å². The minimum Gasteiger partial charge on any atom is -0.356 e. The van der Waals surface area contributed by atoms with E-state index < -0.39 is 0 Å². The van der Waals surface area contributed by atoms with Crippen LogP contribution in [0.2, 0.25) is 0 Å². The maximum atomic E-state index is 11.8. The van der Waals surface area contributed by atoms with Crippen LogP contribution in [0.1, 0.15) is 30.1 Å². The number of ketones is 1. The van der Waals surface area contributed by atoms with Crippen LogP contribution < -0.4 is 4.90 Å². The van der Waals surface area contributed by atoms with Crippen LogP contribution in [0.5, 0.6) is 0 Å². The molecule has 0 aliphatic carbocycles. The summed E-state index contributed by atoms with van der Waals surface area (Å²) in [6, 6.07) is 3.65. The van der Waals surface area contributed by atoms with Crippen molar-refractivity contribution in [2.75, 3.05) is 32.1 Å². The Morgan fingerprint density at radius 1 is 1.35 bits per heavy atom. The second-order valence-electron chi connectivity index (χ2n) is 5.50. The molecule has 5 heteroatoms. The summed E-state index contributed by atoms with van der Waals surface area (Å²) in [6.07, 6.45) is 3.57. The SMILES string of the molecule is CC(=O)C1CCCN(c2ccc(C(=O)N(C)C)cn2)C1. The topological polar surface area (TPSA) is 53.5 Å². The molecule has 1 atom stereocenters. The minimum absolute atomic E-state index is 0.0516. The summed E-state index contributed by atoms with van der Waals surface area (Å²) < 4.78 is 0. The highest BCUT2D eigenvalue weighted by atomic mass is 16.2. The first-order chi connectivity index (χ1) is 9.49. The van der Waals surface area contributed by atoms with Crippen molar-refractivity contribution in [3.8, 4) is 0 Å². The first-order valence-electron chi connectivity index (χ1n) is 6.92. The van der Waals surface area contributed by atoms with E-state index in [-0.39, 0.29) is 17.6 Å². The number of nitrogens with zero attached hydrogens (tertiary/aromatic N) is 3. The molecule has 5 nitrogen and oxygen atoms in total. The normalized spacial score (nSPS) is 18.8. The molecule has 0 bridgehead atoms. The van der Waals surface area contributed by atoms with Crippen molar-refractivity contribution in [3.63, 3.8) is 0 Å². The highest BCUT2D eigenvalue weighted by Crippen LogP contribution is 2.22. The van der Waals surface area contributed by atoms with Gasteiger partial charge in [-0.05, 0) is 31.9 Å². The molecule has 1 unspecified atom stereocenters. The Balaban J connectivity index is 2.10. The molecule has 1 aliphatic heterocycles. The van der Waals surface area contributed by atoms with Crippen LogP contribution in [-0.2, 0) is 4.79 Å². The third-order valence-electron chi connectivity index (χ3n) is 3.72.